The van der Waals surface area contributed by atoms with Crippen molar-refractivity contribution in [2.45, 2.75) is 39.2 Å². The highest BCUT2D eigenvalue weighted by Gasteiger charge is 2.15. The summed E-state index contributed by atoms with van der Waals surface area (Å²) in [5.74, 6) is -0.191. The normalized spacial score (nSPS) is 11.1. The van der Waals surface area contributed by atoms with Crippen LogP contribution in [0.3, 0.4) is 0 Å². The molecule has 0 aliphatic heterocycles. The molecule has 0 amide bonds. The molecule has 0 aliphatic rings. The topological polar surface area (TPSA) is 49.8 Å². The fourth-order valence-corrected chi connectivity index (χ4v) is 1.75. The van der Waals surface area contributed by atoms with Crippen LogP contribution in [0.1, 0.15) is 33.1 Å². The molecular weight excluding hydrogens is 194 g/mol. The summed E-state index contributed by atoms with van der Waals surface area (Å²) in [6, 6.07) is 0.446. The van der Waals surface area contributed by atoms with Crippen molar-refractivity contribution < 1.29 is 14.6 Å². The van der Waals surface area contributed by atoms with Gasteiger partial charge >= 0.3 is 5.97 Å². The number of ether oxygens (including phenoxy) is 1. The molecule has 0 atom stereocenters. The molecule has 0 saturated carbocycles. The smallest absolute Gasteiger partial charge is 0.306 e. The predicted octanol–water partition coefficient (Wildman–Crippen LogP) is 1.03. The number of aliphatic hydroxyl groups excluding tert-OH is 1. The lowest BCUT2D eigenvalue weighted by atomic mass is 10.1. The number of nitrogens with zero attached hydrogens (tertiary/aromatic N) is 1. The van der Waals surface area contributed by atoms with Gasteiger partial charge in [0, 0.05) is 19.1 Å². The molecule has 0 aliphatic carbocycles. The lowest BCUT2D eigenvalue weighted by Crippen LogP contribution is -2.38. The first-order valence-corrected chi connectivity index (χ1v) is 5.61. The molecule has 90 valence electrons. The first kappa shape index (κ1) is 14.4. The lowest BCUT2D eigenvalue weighted by Gasteiger charge is -2.29. The van der Waals surface area contributed by atoms with E-state index in [1.807, 2.05) is 0 Å². The van der Waals surface area contributed by atoms with Gasteiger partial charge in [0.1, 0.15) is 0 Å². The van der Waals surface area contributed by atoms with Crippen LogP contribution in [0.15, 0.2) is 0 Å². The van der Waals surface area contributed by atoms with Crippen molar-refractivity contribution in [3.63, 3.8) is 0 Å². The van der Waals surface area contributed by atoms with Crippen molar-refractivity contribution in [2.75, 3.05) is 26.8 Å². The van der Waals surface area contributed by atoms with E-state index in [1.165, 1.54) is 7.11 Å². The van der Waals surface area contributed by atoms with Crippen molar-refractivity contribution in [1.82, 2.24) is 4.90 Å². The van der Waals surface area contributed by atoms with Crippen LogP contribution >= 0.6 is 0 Å². The number of carbonyl (C=O) groups excluding carboxylic acids is 1. The van der Waals surface area contributed by atoms with Gasteiger partial charge in [-0.15, -0.1) is 0 Å². The van der Waals surface area contributed by atoms with Crippen molar-refractivity contribution in [3.8, 4) is 0 Å². The van der Waals surface area contributed by atoms with E-state index < -0.39 is 0 Å². The van der Waals surface area contributed by atoms with Gasteiger partial charge in [-0.2, -0.15) is 0 Å². The Bertz CT molecular complexity index is 169. The zero-order valence-electron chi connectivity index (χ0n) is 10.0. The third kappa shape index (κ3) is 5.74. The molecule has 0 radical (unpaired) electrons. The Hall–Kier alpha value is -0.610. The molecule has 0 bridgehead atoms. The van der Waals surface area contributed by atoms with Gasteiger partial charge in [-0.05, 0) is 12.8 Å². The maximum Gasteiger partial charge on any atom is 0.306 e. The van der Waals surface area contributed by atoms with Gasteiger partial charge in [-0.1, -0.05) is 13.8 Å². The van der Waals surface area contributed by atoms with Gasteiger partial charge in [0.05, 0.1) is 20.1 Å². The molecule has 0 aromatic rings. The molecule has 0 spiro atoms. The highest BCUT2D eigenvalue weighted by Crippen LogP contribution is 2.08. The lowest BCUT2D eigenvalue weighted by molar-refractivity contribution is -0.141. The van der Waals surface area contributed by atoms with Gasteiger partial charge in [0.2, 0.25) is 0 Å². The van der Waals surface area contributed by atoms with Crippen LogP contribution in [0, 0.1) is 0 Å². The van der Waals surface area contributed by atoms with E-state index in [9.17, 15) is 4.79 Å². The molecule has 0 aromatic carbocycles. The molecule has 1 N–H and O–H groups in total. The summed E-state index contributed by atoms with van der Waals surface area (Å²) in [5.41, 5.74) is 0. The van der Waals surface area contributed by atoms with E-state index >= 15 is 0 Å². The fourth-order valence-electron chi connectivity index (χ4n) is 1.75. The Balaban J connectivity index is 4.07. The quantitative estimate of drug-likeness (QED) is 0.617. The largest absolute Gasteiger partial charge is 0.469 e. The first-order valence-electron chi connectivity index (χ1n) is 5.61. The van der Waals surface area contributed by atoms with E-state index in [2.05, 4.69) is 23.5 Å². The maximum atomic E-state index is 11.0. The zero-order chi connectivity index (χ0) is 11.7. The van der Waals surface area contributed by atoms with Crippen LogP contribution < -0.4 is 0 Å². The third-order valence-electron chi connectivity index (χ3n) is 2.68. The van der Waals surface area contributed by atoms with E-state index in [0.29, 0.717) is 25.6 Å². The van der Waals surface area contributed by atoms with E-state index in [0.717, 1.165) is 12.8 Å². The SMILES string of the molecule is CCC(CC)N(CCO)CCC(=O)OC. The van der Waals surface area contributed by atoms with Gasteiger partial charge in [0.25, 0.3) is 0 Å². The van der Waals surface area contributed by atoms with E-state index in [1.54, 1.807) is 0 Å². The molecular formula is C11H23NO3. The minimum atomic E-state index is -0.191. The number of hydrogen-bond donors (Lipinski definition) is 1. The highest BCUT2D eigenvalue weighted by molar-refractivity contribution is 5.69. The maximum absolute atomic E-state index is 11.0. The monoisotopic (exact) mass is 217 g/mol. The second-order valence-corrected chi connectivity index (χ2v) is 3.56. The van der Waals surface area contributed by atoms with Crippen LogP contribution in [0.5, 0.6) is 0 Å². The number of methoxy groups -OCH3 is 1. The Morgan fingerprint density at radius 3 is 2.33 bits per heavy atom. The number of rotatable bonds is 8. The summed E-state index contributed by atoms with van der Waals surface area (Å²) in [5, 5.41) is 8.94. The third-order valence-corrected chi connectivity index (χ3v) is 2.68. The number of carbonyl (C=O) groups is 1. The first-order chi connectivity index (χ1) is 7.19. The molecule has 0 aromatic heterocycles. The summed E-state index contributed by atoms with van der Waals surface area (Å²) in [7, 11) is 1.40. The number of aliphatic hydroxyl groups is 1. The second kappa shape index (κ2) is 8.68. The van der Waals surface area contributed by atoms with Crippen molar-refractivity contribution >= 4 is 5.97 Å². The van der Waals surface area contributed by atoms with Crippen LogP contribution in [0.4, 0.5) is 0 Å². The summed E-state index contributed by atoms with van der Waals surface area (Å²) < 4.78 is 4.60. The van der Waals surface area contributed by atoms with Crippen molar-refractivity contribution in [3.05, 3.63) is 0 Å². The Morgan fingerprint density at radius 2 is 1.93 bits per heavy atom. The summed E-state index contributed by atoms with van der Waals surface area (Å²) in [4.78, 5) is 13.2. The van der Waals surface area contributed by atoms with Crippen molar-refractivity contribution in [1.29, 1.82) is 0 Å². The molecule has 0 rings (SSSR count). The molecule has 0 unspecified atom stereocenters. The molecule has 4 heteroatoms. The van der Waals surface area contributed by atoms with Gasteiger partial charge in [-0.3, -0.25) is 9.69 Å². The molecule has 4 nitrogen and oxygen atoms in total. The predicted molar refractivity (Wildman–Crippen MR) is 59.7 cm³/mol. The number of esters is 1. The van der Waals surface area contributed by atoms with E-state index in [-0.39, 0.29) is 12.6 Å². The Morgan fingerprint density at radius 1 is 1.33 bits per heavy atom. The average Bonchev–Trinajstić information content (AvgIpc) is 2.26. The Kier molecular flexibility index (Phi) is 8.33. The van der Waals surface area contributed by atoms with Crippen LogP contribution in [-0.2, 0) is 9.53 Å². The molecule has 0 heterocycles. The minimum absolute atomic E-state index is 0.137. The van der Waals surface area contributed by atoms with Gasteiger partial charge < -0.3 is 9.84 Å². The molecule has 0 saturated heterocycles. The van der Waals surface area contributed by atoms with Gasteiger partial charge in [0.15, 0.2) is 0 Å². The highest BCUT2D eigenvalue weighted by atomic mass is 16.5. The molecule has 15 heavy (non-hydrogen) atoms. The standard InChI is InChI=1S/C11H23NO3/c1-4-10(5-2)12(8-9-13)7-6-11(14)15-3/h10,13H,4-9H2,1-3H3. The summed E-state index contributed by atoms with van der Waals surface area (Å²) >= 11 is 0. The van der Waals surface area contributed by atoms with Crippen LogP contribution in [0.25, 0.3) is 0 Å². The second-order valence-electron chi connectivity index (χ2n) is 3.56. The van der Waals surface area contributed by atoms with Crippen molar-refractivity contribution in [2.24, 2.45) is 0 Å². The van der Waals surface area contributed by atoms with Gasteiger partial charge in [-0.25, -0.2) is 0 Å². The van der Waals surface area contributed by atoms with Crippen LogP contribution in [0.2, 0.25) is 0 Å². The average molecular weight is 217 g/mol. The van der Waals surface area contributed by atoms with Crippen LogP contribution in [-0.4, -0.2) is 48.8 Å². The minimum Gasteiger partial charge on any atom is -0.469 e. The Labute approximate surface area is 92.2 Å². The summed E-state index contributed by atoms with van der Waals surface area (Å²) in [6.45, 7) is 5.67. The summed E-state index contributed by atoms with van der Waals surface area (Å²) in [6.07, 6.45) is 2.47. The van der Waals surface area contributed by atoms with E-state index in [4.69, 9.17) is 5.11 Å². The fraction of sp³-hybridized carbons (Fsp3) is 0.909. The zero-order valence-corrected chi connectivity index (χ0v) is 10.0. The molecule has 0 fully saturated rings. The number of hydrogen-bond acceptors (Lipinski definition) is 4.